The first-order valence-electron chi connectivity index (χ1n) is 4.21. The molecular weight excluding hydrogens is 152 g/mol. The second-order valence-corrected chi connectivity index (χ2v) is 3.09. The zero-order valence-corrected chi connectivity index (χ0v) is 7.38. The summed E-state index contributed by atoms with van der Waals surface area (Å²) in [6.07, 6.45) is 6.31. The van der Waals surface area contributed by atoms with Crippen LogP contribution in [0.1, 0.15) is 26.2 Å². The summed E-state index contributed by atoms with van der Waals surface area (Å²) in [4.78, 5) is 10.8. The Bertz CT molecular complexity index is 216. The molecule has 0 aromatic carbocycles. The van der Waals surface area contributed by atoms with Crippen LogP contribution in [0, 0.1) is 0 Å². The molecule has 0 radical (unpaired) electrons. The van der Waals surface area contributed by atoms with Crippen LogP contribution in [0.4, 0.5) is 0 Å². The summed E-state index contributed by atoms with van der Waals surface area (Å²) in [7, 11) is 0. The third kappa shape index (κ3) is 2.53. The molecule has 2 nitrogen and oxygen atoms in total. The number of hydrogen-bond acceptors (Lipinski definition) is 2. The molecule has 0 saturated heterocycles. The van der Waals surface area contributed by atoms with Gasteiger partial charge in [0.15, 0.2) is 0 Å². The van der Waals surface area contributed by atoms with E-state index in [-0.39, 0.29) is 12.1 Å². The number of allylic oxidation sites excluding steroid dienone is 1. The number of rotatable bonds is 2. The van der Waals surface area contributed by atoms with Crippen LogP contribution >= 0.6 is 0 Å². The first-order valence-corrected chi connectivity index (χ1v) is 4.21. The van der Waals surface area contributed by atoms with E-state index >= 15 is 0 Å². The topological polar surface area (TPSA) is 26.3 Å². The van der Waals surface area contributed by atoms with Crippen molar-refractivity contribution in [3.05, 3.63) is 24.3 Å². The summed E-state index contributed by atoms with van der Waals surface area (Å²) in [6.45, 7) is 5.42. The van der Waals surface area contributed by atoms with Gasteiger partial charge in [-0.25, -0.2) is 4.79 Å². The van der Waals surface area contributed by atoms with Crippen LogP contribution in [0.25, 0.3) is 0 Å². The number of esters is 1. The number of ether oxygens (including phenoxy) is 1. The highest BCUT2D eigenvalue weighted by molar-refractivity contribution is 5.81. The highest BCUT2D eigenvalue weighted by atomic mass is 16.5. The van der Waals surface area contributed by atoms with E-state index in [4.69, 9.17) is 4.74 Å². The molecule has 1 unspecified atom stereocenters. The van der Waals surface area contributed by atoms with Gasteiger partial charge in [-0.05, 0) is 19.8 Å². The molecule has 0 aromatic rings. The Morgan fingerprint density at radius 3 is 3.17 bits per heavy atom. The van der Waals surface area contributed by atoms with Crippen molar-refractivity contribution in [1.29, 1.82) is 0 Å². The zero-order valence-electron chi connectivity index (χ0n) is 7.38. The quantitative estimate of drug-likeness (QED) is 0.357. The fourth-order valence-corrected chi connectivity index (χ4v) is 1.37. The van der Waals surface area contributed by atoms with Crippen LogP contribution in [0.5, 0.6) is 0 Å². The Balaban J connectivity index is 2.40. The van der Waals surface area contributed by atoms with E-state index in [1.54, 1.807) is 0 Å². The highest BCUT2D eigenvalue weighted by Crippen LogP contribution is 2.20. The fourth-order valence-electron chi connectivity index (χ4n) is 1.37. The number of carbonyl (C=O) groups is 1. The average molecular weight is 166 g/mol. The molecule has 0 spiro atoms. The number of carbonyl (C=O) groups excluding carboxylic acids is 1. The minimum absolute atomic E-state index is 0.0699. The van der Waals surface area contributed by atoms with Gasteiger partial charge in [-0.3, -0.25) is 0 Å². The van der Waals surface area contributed by atoms with Crippen molar-refractivity contribution in [2.24, 2.45) is 0 Å². The van der Waals surface area contributed by atoms with Gasteiger partial charge < -0.3 is 4.74 Å². The van der Waals surface area contributed by atoms with E-state index < -0.39 is 0 Å². The molecule has 0 fully saturated rings. The van der Waals surface area contributed by atoms with Gasteiger partial charge in [0.2, 0.25) is 0 Å². The lowest BCUT2D eigenvalue weighted by Crippen LogP contribution is -2.19. The van der Waals surface area contributed by atoms with E-state index in [0.717, 1.165) is 19.3 Å². The maximum Gasteiger partial charge on any atom is 0.330 e. The van der Waals surface area contributed by atoms with Crippen LogP contribution in [0.3, 0.4) is 0 Å². The van der Waals surface area contributed by atoms with Crippen molar-refractivity contribution in [2.45, 2.75) is 32.3 Å². The molecule has 1 aliphatic carbocycles. The molecule has 1 rings (SSSR count). The lowest BCUT2D eigenvalue weighted by atomic mass is 9.98. The fraction of sp³-hybridized carbons (Fsp3) is 0.500. The Hall–Kier alpha value is -1.05. The molecular formula is C10H14O2. The summed E-state index contributed by atoms with van der Waals surface area (Å²) in [6, 6.07) is 0. The van der Waals surface area contributed by atoms with Crippen LogP contribution in [0.15, 0.2) is 24.3 Å². The van der Waals surface area contributed by atoms with Crippen molar-refractivity contribution in [3.63, 3.8) is 0 Å². The molecule has 0 N–H and O–H groups in total. The van der Waals surface area contributed by atoms with Gasteiger partial charge in [-0.15, -0.1) is 0 Å². The monoisotopic (exact) mass is 166 g/mol. The summed E-state index contributed by atoms with van der Waals surface area (Å²) < 4.78 is 5.11. The van der Waals surface area contributed by atoms with Crippen molar-refractivity contribution in [2.75, 3.05) is 0 Å². The van der Waals surface area contributed by atoms with Crippen LogP contribution in [0.2, 0.25) is 0 Å². The normalized spacial score (nSPS) is 22.8. The van der Waals surface area contributed by atoms with E-state index in [0.29, 0.717) is 0 Å². The Labute approximate surface area is 72.9 Å². The molecule has 12 heavy (non-hydrogen) atoms. The van der Waals surface area contributed by atoms with E-state index in [1.165, 1.54) is 11.6 Å². The molecule has 1 atom stereocenters. The van der Waals surface area contributed by atoms with Gasteiger partial charge >= 0.3 is 5.97 Å². The smallest absolute Gasteiger partial charge is 0.330 e. The Morgan fingerprint density at radius 1 is 1.83 bits per heavy atom. The number of hydrogen-bond donors (Lipinski definition) is 0. The largest absolute Gasteiger partial charge is 0.459 e. The van der Waals surface area contributed by atoms with Gasteiger partial charge in [0, 0.05) is 12.5 Å². The third-order valence-electron chi connectivity index (χ3n) is 1.98. The summed E-state index contributed by atoms with van der Waals surface area (Å²) >= 11 is 0. The standard InChI is InChI=1S/C10H14O2/c1-3-10(11)12-9-6-4-5-8(2)7-9/h3,5,9H,1,4,6-7H2,2H3. The maximum absolute atomic E-state index is 10.8. The van der Waals surface area contributed by atoms with Crippen LogP contribution < -0.4 is 0 Å². The summed E-state index contributed by atoms with van der Waals surface area (Å²) in [5.74, 6) is -0.310. The Morgan fingerprint density at radius 2 is 2.58 bits per heavy atom. The summed E-state index contributed by atoms with van der Waals surface area (Å²) in [5.41, 5.74) is 1.31. The lowest BCUT2D eigenvalue weighted by molar-refractivity contribution is -0.143. The molecule has 1 aliphatic rings. The van der Waals surface area contributed by atoms with Crippen LogP contribution in [-0.4, -0.2) is 12.1 Å². The molecule has 0 amide bonds. The second kappa shape index (κ2) is 4.10. The van der Waals surface area contributed by atoms with Gasteiger partial charge in [-0.2, -0.15) is 0 Å². The molecule has 0 bridgehead atoms. The van der Waals surface area contributed by atoms with E-state index in [1.807, 2.05) is 0 Å². The lowest BCUT2D eigenvalue weighted by Gasteiger charge is -2.20. The molecule has 2 heteroatoms. The first-order chi connectivity index (χ1) is 5.72. The van der Waals surface area contributed by atoms with Crippen molar-refractivity contribution in [1.82, 2.24) is 0 Å². The van der Waals surface area contributed by atoms with Gasteiger partial charge in [0.05, 0.1) is 0 Å². The second-order valence-electron chi connectivity index (χ2n) is 3.09. The van der Waals surface area contributed by atoms with Gasteiger partial charge in [-0.1, -0.05) is 18.2 Å². The third-order valence-corrected chi connectivity index (χ3v) is 1.98. The Kier molecular flexibility index (Phi) is 3.09. The molecule has 0 heterocycles. The van der Waals surface area contributed by atoms with E-state index in [9.17, 15) is 4.79 Å². The predicted octanol–water partition coefficient (Wildman–Crippen LogP) is 2.21. The molecule has 0 saturated carbocycles. The molecule has 0 aliphatic heterocycles. The van der Waals surface area contributed by atoms with Crippen molar-refractivity contribution < 1.29 is 9.53 Å². The molecule has 66 valence electrons. The van der Waals surface area contributed by atoms with Crippen molar-refractivity contribution >= 4 is 5.97 Å². The highest BCUT2D eigenvalue weighted by Gasteiger charge is 2.15. The van der Waals surface area contributed by atoms with Crippen LogP contribution in [-0.2, 0) is 9.53 Å². The zero-order chi connectivity index (χ0) is 8.97. The minimum Gasteiger partial charge on any atom is -0.459 e. The van der Waals surface area contributed by atoms with Crippen molar-refractivity contribution in [3.8, 4) is 0 Å². The minimum atomic E-state index is -0.310. The summed E-state index contributed by atoms with van der Waals surface area (Å²) in [5, 5.41) is 0. The first kappa shape index (κ1) is 9.04. The van der Waals surface area contributed by atoms with Gasteiger partial charge in [0.25, 0.3) is 0 Å². The van der Waals surface area contributed by atoms with E-state index in [2.05, 4.69) is 19.6 Å². The maximum atomic E-state index is 10.8. The van der Waals surface area contributed by atoms with Gasteiger partial charge in [0.1, 0.15) is 6.10 Å². The predicted molar refractivity (Wildman–Crippen MR) is 47.7 cm³/mol. The average Bonchev–Trinajstić information content (AvgIpc) is 2.04. The molecule has 0 aromatic heterocycles. The SMILES string of the molecule is C=CC(=O)OC1CCC=C(C)C1.